The van der Waals surface area contributed by atoms with Crippen molar-refractivity contribution >= 4 is 44.4 Å². The van der Waals surface area contributed by atoms with Crippen LogP contribution in [0.25, 0.3) is 16.5 Å². The Balaban J connectivity index is 1.63. The van der Waals surface area contributed by atoms with Gasteiger partial charge in [-0.2, -0.15) is 0 Å². The van der Waals surface area contributed by atoms with Gasteiger partial charge in [-0.05, 0) is 40.6 Å². The first-order valence-electron chi connectivity index (χ1n) is 8.82. The second-order valence-corrected chi connectivity index (χ2v) is 7.45. The zero-order chi connectivity index (χ0) is 18.2. The Labute approximate surface area is 166 Å². The van der Waals surface area contributed by atoms with Crippen LogP contribution in [0, 0.1) is 0 Å². The van der Waals surface area contributed by atoms with E-state index in [2.05, 4.69) is 86.9 Å². The molecule has 2 heterocycles. The maximum atomic E-state index is 4.83. The molecule has 0 saturated carbocycles. The number of allylic oxidation sites excluding steroid dienone is 1. The molecule has 0 saturated heterocycles. The van der Waals surface area contributed by atoms with Crippen LogP contribution in [0.4, 0.5) is 0 Å². The summed E-state index contributed by atoms with van der Waals surface area (Å²) >= 11 is 3.55. The maximum Gasteiger partial charge on any atom is 0.169 e. The predicted octanol–water partition coefficient (Wildman–Crippen LogP) is 5.33. The Hall–Kier alpha value is -2.98. The standard InChI is InChI=1S/C23H16BrN3/c24-19-8-3-7-18(14-19)22-26-21(20-9-4-12-25-23(20)27-22)17-11-10-15-5-1-2-6-16(15)13-17/h1-14,23H,(H,26,27). The molecule has 27 heavy (non-hydrogen) atoms. The fraction of sp³-hybridized carbons (Fsp3) is 0.0435. The van der Waals surface area contributed by atoms with Crippen molar-refractivity contribution in [1.29, 1.82) is 0 Å². The lowest BCUT2D eigenvalue weighted by atomic mass is 9.98. The van der Waals surface area contributed by atoms with Gasteiger partial charge in [0.2, 0.25) is 0 Å². The summed E-state index contributed by atoms with van der Waals surface area (Å²) in [5.74, 6) is 0.834. The number of nitrogens with one attached hydrogen (secondary N) is 1. The SMILES string of the molecule is Brc1cccc(C2=NC3N=CC=CC3=C(c3ccc4ccccc4c3)N2)c1. The molecule has 3 aromatic rings. The summed E-state index contributed by atoms with van der Waals surface area (Å²) in [6.45, 7) is 0. The van der Waals surface area contributed by atoms with Crippen LogP contribution >= 0.6 is 15.9 Å². The minimum atomic E-state index is -0.216. The zero-order valence-electron chi connectivity index (χ0n) is 14.4. The number of amidine groups is 1. The summed E-state index contributed by atoms with van der Waals surface area (Å²) in [6.07, 6.45) is 5.66. The average molecular weight is 414 g/mol. The molecule has 0 radical (unpaired) electrons. The normalized spacial score (nSPS) is 18.3. The van der Waals surface area contributed by atoms with E-state index < -0.39 is 0 Å². The second-order valence-electron chi connectivity index (χ2n) is 6.54. The lowest BCUT2D eigenvalue weighted by Gasteiger charge is -2.26. The number of dihydropyridines is 1. The first kappa shape index (κ1) is 16.2. The first-order valence-corrected chi connectivity index (χ1v) is 9.61. The molecular formula is C23H16BrN3. The highest BCUT2D eigenvalue weighted by Crippen LogP contribution is 2.30. The lowest BCUT2D eigenvalue weighted by molar-refractivity contribution is 0.817. The molecule has 2 aliphatic rings. The number of hydrogen-bond acceptors (Lipinski definition) is 3. The molecule has 3 nitrogen and oxygen atoms in total. The van der Waals surface area contributed by atoms with Crippen LogP contribution in [-0.4, -0.2) is 18.2 Å². The van der Waals surface area contributed by atoms with Crippen molar-refractivity contribution in [3.05, 3.63) is 100 Å². The van der Waals surface area contributed by atoms with Gasteiger partial charge >= 0.3 is 0 Å². The van der Waals surface area contributed by atoms with Crippen molar-refractivity contribution in [2.45, 2.75) is 6.17 Å². The third-order valence-electron chi connectivity index (χ3n) is 4.79. The quantitative estimate of drug-likeness (QED) is 0.605. The van der Waals surface area contributed by atoms with E-state index in [4.69, 9.17) is 4.99 Å². The highest BCUT2D eigenvalue weighted by molar-refractivity contribution is 9.10. The molecule has 1 atom stereocenters. The predicted molar refractivity (Wildman–Crippen MR) is 116 cm³/mol. The molecule has 0 fully saturated rings. The Bertz CT molecular complexity index is 1170. The molecule has 0 aromatic heterocycles. The van der Waals surface area contributed by atoms with Crippen LogP contribution < -0.4 is 5.32 Å². The number of fused-ring (bicyclic) bond motifs is 2. The molecule has 130 valence electrons. The topological polar surface area (TPSA) is 36.8 Å². The summed E-state index contributed by atoms with van der Waals surface area (Å²) in [7, 11) is 0. The van der Waals surface area contributed by atoms with Gasteiger partial charge in [0.1, 0.15) is 5.84 Å². The highest BCUT2D eigenvalue weighted by atomic mass is 79.9. The maximum absolute atomic E-state index is 4.83. The third kappa shape index (κ3) is 3.02. The smallest absolute Gasteiger partial charge is 0.169 e. The van der Waals surface area contributed by atoms with Crippen LogP contribution in [0.3, 0.4) is 0 Å². The fourth-order valence-corrected chi connectivity index (χ4v) is 3.87. The van der Waals surface area contributed by atoms with Crippen LogP contribution in [0.5, 0.6) is 0 Å². The fourth-order valence-electron chi connectivity index (χ4n) is 3.47. The number of benzene rings is 3. The third-order valence-corrected chi connectivity index (χ3v) is 5.28. The van der Waals surface area contributed by atoms with Gasteiger partial charge in [0.25, 0.3) is 0 Å². The summed E-state index contributed by atoms with van der Waals surface area (Å²) in [4.78, 5) is 9.41. The van der Waals surface area contributed by atoms with Crippen molar-refractivity contribution in [3.63, 3.8) is 0 Å². The van der Waals surface area contributed by atoms with Gasteiger partial charge in [-0.25, -0.2) is 4.99 Å². The first-order chi connectivity index (χ1) is 13.3. The number of rotatable bonds is 2. The molecule has 1 N–H and O–H groups in total. The highest BCUT2D eigenvalue weighted by Gasteiger charge is 2.25. The van der Waals surface area contributed by atoms with Crippen LogP contribution in [0.15, 0.2) is 98.9 Å². The summed E-state index contributed by atoms with van der Waals surface area (Å²) in [5.41, 5.74) is 4.32. The molecule has 1 unspecified atom stereocenters. The molecule has 0 bridgehead atoms. The van der Waals surface area contributed by atoms with Crippen LogP contribution in [0.1, 0.15) is 11.1 Å². The number of nitrogens with zero attached hydrogens (tertiary/aromatic N) is 2. The Kier molecular flexibility index (Phi) is 3.98. The Morgan fingerprint density at radius 3 is 2.63 bits per heavy atom. The van der Waals surface area contributed by atoms with Gasteiger partial charge in [-0.3, -0.25) is 4.99 Å². The van der Waals surface area contributed by atoms with E-state index in [0.717, 1.165) is 32.7 Å². The Morgan fingerprint density at radius 1 is 0.852 bits per heavy atom. The van der Waals surface area contributed by atoms with Crippen molar-refractivity contribution < 1.29 is 0 Å². The number of halogens is 1. The van der Waals surface area contributed by atoms with Crippen molar-refractivity contribution in [1.82, 2.24) is 5.32 Å². The van der Waals surface area contributed by atoms with E-state index in [1.807, 2.05) is 24.4 Å². The van der Waals surface area contributed by atoms with Crippen LogP contribution in [0.2, 0.25) is 0 Å². The van der Waals surface area contributed by atoms with Crippen molar-refractivity contribution in [2.75, 3.05) is 0 Å². The molecule has 0 spiro atoms. The minimum Gasteiger partial charge on any atom is -0.339 e. The van der Waals surface area contributed by atoms with Crippen LogP contribution in [-0.2, 0) is 0 Å². The monoisotopic (exact) mass is 413 g/mol. The summed E-state index contributed by atoms with van der Waals surface area (Å²) < 4.78 is 1.03. The van der Waals surface area contributed by atoms with Crippen molar-refractivity contribution in [2.24, 2.45) is 9.98 Å². The number of hydrogen-bond donors (Lipinski definition) is 1. The van der Waals surface area contributed by atoms with Gasteiger partial charge in [-0.15, -0.1) is 0 Å². The largest absolute Gasteiger partial charge is 0.339 e. The van der Waals surface area contributed by atoms with E-state index >= 15 is 0 Å². The second kappa shape index (κ2) is 6.63. The van der Waals surface area contributed by atoms with E-state index in [1.54, 1.807) is 0 Å². The van der Waals surface area contributed by atoms with Crippen molar-refractivity contribution in [3.8, 4) is 0 Å². The molecular weight excluding hydrogens is 398 g/mol. The zero-order valence-corrected chi connectivity index (χ0v) is 16.0. The van der Waals surface area contributed by atoms with Gasteiger partial charge in [0.15, 0.2) is 6.17 Å². The molecule has 2 aliphatic heterocycles. The number of aliphatic imine (C=N–C) groups is 2. The van der Waals surface area contributed by atoms with Gasteiger partial charge in [0, 0.05) is 21.8 Å². The Morgan fingerprint density at radius 2 is 1.74 bits per heavy atom. The average Bonchev–Trinajstić information content (AvgIpc) is 2.72. The lowest BCUT2D eigenvalue weighted by Crippen LogP contribution is -2.32. The van der Waals surface area contributed by atoms with E-state index in [1.165, 1.54) is 10.8 Å². The van der Waals surface area contributed by atoms with Gasteiger partial charge in [-0.1, -0.05) is 70.5 Å². The summed E-state index contributed by atoms with van der Waals surface area (Å²) in [6, 6.07) is 23.1. The molecule has 0 amide bonds. The molecule has 5 rings (SSSR count). The molecule has 4 heteroatoms. The van der Waals surface area contributed by atoms with Gasteiger partial charge < -0.3 is 5.32 Å². The van der Waals surface area contributed by atoms with Gasteiger partial charge in [0.05, 0.1) is 5.70 Å². The summed E-state index contributed by atoms with van der Waals surface area (Å²) in [5, 5.41) is 6.01. The van der Waals surface area contributed by atoms with E-state index in [0.29, 0.717) is 0 Å². The molecule has 3 aromatic carbocycles. The van der Waals surface area contributed by atoms with E-state index in [-0.39, 0.29) is 6.17 Å². The van der Waals surface area contributed by atoms with E-state index in [9.17, 15) is 0 Å². The molecule has 0 aliphatic carbocycles. The minimum absolute atomic E-state index is 0.216.